The number of hydrogen-bond acceptors (Lipinski definition) is 5. The van der Waals surface area contributed by atoms with Crippen molar-refractivity contribution in [1.82, 2.24) is 10.2 Å². The van der Waals surface area contributed by atoms with Gasteiger partial charge in [0.15, 0.2) is 0 Å². The van der Waals surface area contributed by atoms with Crippen LogP contribution in [0.4, 0.5) is 5.69 Å². The number of halogens is 1. The average molecular weight is 508 g/mol. The summed E-state index contributed by atoms with van der Waals surface area (Å²) >= 11 is 6.02. The summed E-state index contributed by atoms with van der Waals surface area (Å²) in [6.07, 6.45) is 6.54. The largest absolute Gasteiger partial charge is 0.508 e. The number of phenolic OH excluding ortho intramolecular Hbond substituents is 1. The standard InChI is InChI=1S/C28H30ClN3O4/c29-17-5-3-16(4-6-17)27(35)31-20-8-7-19-22-11-18-23(34)12-21(30-14-33)25-24(18)28(19,26(20)36-25)9-10-32(22)13-15-1-2-15/h3-6,12,14-15,19-20,22,26,34H,1-2,7-11,13H2,(H,30,33)(H,31,35)/t19-,20+,22+,26-,28-/m0/s1. The molecule has 5 atom stereocenters. The second-order valence-corrected chi connectivity index (χ2v) is 11.6. The van der Waals surface area contributed by atoms with Crippen molar-refractivity contribution in [2.24, 2.45) is 11.8 Å². The number of anilines is 1. The van der Waals surface area contributed by atoms with Crippen LogP contribution in [0.1, 0.15) is 53.6 Å². The third-order valence-electron chi connectivity index (χ3n) is 9.38. The molecule has 188 valence electrons. The molecule has 1 saturated heterocycles. The van der Waals surface area contributed by atoms with Crippen LogP contribution < -0.4 is 15.4 Å². The van der Waals surface area contributed by atoms with Crippen molar-refractivity contribution in [3.05, 3.63) is 52.0 Å². The van der Waals surface area contributed by atoms with Gasteiger partial charge in [0.1, 0.15) is 17.6 Å². The smallest absolute Gasteiger partial charge is 0.251 e. The molecule has 36 heavy (non-hydrogen) atoms. The molecule has 2 bridgehead atoms. The summed E-state index contributed by atoms with van der Waals surface area (Å²) in [6.45, 7) is 2.12. The van der Waals surface area contributed by atoms with Crippen molar-refractivity contribution in [2.75, 3.05) is 18.4 Å². The van der Waals surface area contributed by atoms with E-state index in [0.717, 1.165) is 55.8 Å². The third-order valence-corrected chi connectivity index (χ3v) is 9.64. The van der Waals surface area contributed by atoms with Gasteiger partial charge in [0.25, 0.3) is 5.91 Å². The third kappa shape index (κ3) is 3.21. The van der Waals surface area contributed by atoms with Gasteiger partial charge in [-0.1, -0.05) is 11.6 Å². The Morgan fingerprint density at radius 1 is 1.22 bits per heavy atom. The van der Waals surface area contributed by atoms with Crippen LogP contribution in [0.2, 0.25) is 5.02 Å². The van der Waals surface area contributed by atoms with Crippen LogP contribution in [0, 0.1) is 11.8 Å². The van der Waals surface area contributed by atoms with Crippen molar-refractivity contribution >= 4 is 29.6 Å². The first-order valence-electron chi connectivity index (χ1n) is 13.1. The number of carbonyl (C=O) groups is 2. The van der Waals surface area contributed by atoms with E-state index in [0.29, 0.717) is 40.4 Å². The lowest BCUT2D eigenvalue weighted by Crippen LogP contribution is -2.69. The number of rotatable bonds is 6. The molecular weight excluding hydrogens is 478 g/mol. The minimum absolute atomic E-state index is 0.140. The lowest BCUT2D eigenvalue weighted by molar-refractivity contribution is -0.105. The van der Waals surface area contributed by atoms with E-state index in [2.05, 4.69) is 15.5 Å². The average Bonchev–Trinajstić information content (AvgIpc) is 3.62. The van der Waals surface area contributed by atoms with E-state index in [1.165, 1.54) is 12.8 Å². The van der Waals surface area contributed by atoms with Gasteiger partial charge in [-0.05, 0) is 81.2 Å². The van der Waals surface area contributed by atoms with Gasteiger partial charge in [0, 0.05) is 45.8 Å². The molecule has 7 nitrogen and oxygen atoms in total. The summed E-state index contributed by atoms with van der Waals surface area (Å²) in [4.78, 5) is 27.3. The zero-order chi connectivity index (χ0) is 24.6. The molecule has 2 aromatic carbocycles. The fraction of sp³-hybridized carbons (Fsp3) is 0.500. The summed E-state index contributed by atoms with van der Waals surface area (Å²) in [7, 11) is 0. The predicted octanol–water partition coefficient (Wildman–Crippen LogP) is 3.86. The number of benzene rings is 2. The van der Waals surface area contributed by atoms with Crippen molar-refractivity contribution in [1.29, 1.82) is 0 Å². The first-order chi connectivity index (χ1) is 17.5. The summed E-state index contributed by atoms with van der Waals surface area (Å²) in [5.74, 6) is 1.95. The number of likely N-dealkylation sites (tertiary alicyclic amines) is 1. The molecule has 3 fully saturated rings. The number of hydrogen-bond donors (Lipinski definition) is 3. The van der Waals surface area contributed by atoms with Gasteiger partial charge >= 0.3 is 0 Å². The second-order valence-electron chi connectivity index (χ2n) is 11.2. The van der Waals surface area contributed by atoms with E-state index in [9.17, 15) is 14.7 Å². The van der Waals surface area contributed by atoms with Gasteiger partial charge in [0.2, 0.25) is 6.41 Å². The van der Waals surface area contributed by atoms with Crippen molar-refractivity contribution in [3.8, 4) is 11.5 Å². The monoisotopic (exact) mass is 507 g/mol. The Kier molecular flexibility index (Phi) is 5.06. The SMILES string of the molecule is O=CNc1cc(O)c2c3c1O[C@H]1[C@H](NC(=O)c4ccc(Cl)cc4)CC[C@H]4[C@@H](C2)N(CC2CC2)CC[C@@]341. The molecule has 2 aliphatic heterocycles. The van der Waals surface area contributed by atoms with E-state index in [-0.39, 0.29) is 29.2 Å². The highest BCUT2D eigenvalue weighted by molar-refractivity contribution is 6.30. The molecule has 0 aromatic heterocycles. The molecule has 2 saturated carbocycles. The van der Waals surface area contributed by atoms with Crippen LogP contribution in [-0.2, 0) is 16.6 Å². The van der Waals surface area contributed by atoms with Gasteiger partial charge in [-0.3, -0.25) is 14.5 Å². The van der Waals surface area contributed by atoms with Crippen LogP contribution in [0.5, 0.6) is 11.5 Å². The maximum atomic E-state index is 13.2. The normalized spacial score (nSPS) is 31.8. The Morgan fingerprint density at radius 2 is 2.03 bits per heavy atom. The number of phenols is 1. The lowest BCUT2D eigenvalue weighted by atomic mass is 9.51. The van der Waals surface area contributed by atoms with Crippen LogP contribution in [0.15, 0.2) is 30.3 Å². The Hall–Kier alpha value is -2.77. The quantitative estimate of drug-likeness (QED) is 0.516. The maximum Gasteiger partial charge on any atom is 0.251 e. The molecule has 0 unspecified atom stereocenters. The van der Waals surface area contributed by atoms with Crippen molar-refractivity contribution < 1.29 is 19.4 Å². The summed E-state index contributed by atoms with van der Waals surface area (Å²) in [6, 6.07) is 8.72. The van der Waals surface area contributed by atoms with Crippen molar-refractivity contribution in [3.63, 3.8) is 0 Å². The first-order valence-corrected chi connectivity index (χ1v) is 13.4. The first kappa shape index (κ1) is 22.4. The molecular formula is C28H30ClN3O4. The number of aromatic hydroxyl groups is 1. The molecule has 2 heterocycles. The van der Waals surface area contributed by atoms with E-state index < -0.39 is 0 Å². The Morgan fingerprint density at radius 3 is 2.78 bits per heavy atom. The number of nitrogens with one attached hydrogen (secondary N) is 2. The van der Waals surface area contributed by atoms with Crippen LogP contribution in [0.25, 0.3) is 0 Å². The highest BCUT2D eigenvalue weighted by atomic mass is 35.5. The molecule has 3 N–H and O–H groups in total. The minimum atomic E-state index is -0.290. The van der Waals surface area contributed by atoms with E-state index in [4.69, 9.17) is 16.3 Å². The van der Waals surface area contributed by atoms with Gasteiger partial charge in [-0.15, -0.1) is 0 Å². The van der Waals surface area contributed by atoms with Crippen LogP contribution in [-0.4, -0.2) is 53.6 Å². The number of amides is 2. The topological polar surface area (TPSA) is 90.9 Å². The van der Waals surface area contributed by atoms with E-state index in [1.54, 1.807) is 30.3 Å². The number of piperidine rings is 1. The molecule has 0 radical (unpaired) electrons. The zero-order valence-corrected chi connectivity index (χ0v) is 20.8. The van der Waals surface area contributed by atoms with Crippen LogP contribution in [0.3, 0.4) is 0 Å². The predicted molar refractivity (Wildman–Crippen MR) is 136 cm³/mol. The summed E-state index contributed by atoms with van der Waals surface area (Å²) in [5, 5.41) is 17.7. The molecule has 2 amide bonds. The highest BCUT2D eigenvalue weighted by Gasteiger charge is 2.66. The summed E-state index contributed by atoms with van der Waals surface area (Å²) in [5.41, 5.74) is 2.80. The zero-order valence-electron chi connectivity index (χ0n) is 20.0. The molecule has 1 spiro atoms. The van der Waals surface area contributed by atoms with Crippen molar-refractivity contribution in [2.45, 2.75) is 62.1 Å². The summed E-state index contributed by atoms with van der Waals surface area (Å²) < 4.78 is 6.73. The fourth-order valence-corrected chi connectivity index (χ4v) is 7.86. The fourth-order valence-electron chi connectivity index (χ4n) is 7.74. The van der Waals surface area contributed by atoms with Gasteiger partial charge in [-0.25, -0.2) is 0 Å². The molecule has 5 aliphatic rings. The number of carbonyl (C=O) groups excluding carboxylic acids is 2. The van der Waals surface area contributed by atoms with E-state index >= 15 is 0 Å². The van der Waals surface area contributed by atoms with Gasteiger partial charge in [-0.2, -0.15) is 0 Å². The number of ether oxygens (including phenoxy) is 1. The Labute approximate surface area is 215 Å². The second kappa shape index (κ2) is 8.12. The molecule has 3 aliphatic carbocycles. The molecule has 2 aromatic rings. The van der Waals surface area contributed by atoms with Gasteiger partial charge in [0.05, 0.1) is 11.7 Å². The molecule has 8 heteroatoms. The lowest BCUT2D eigenvalue weighted by Gasteiger charge is -2.59. The minimum Gasteiger partial charge on any atom is -0.508 e. The highest BCUT2D eigenvalue weighted by Crippen LogP contribution is 2.65. The van der Waals surface area contributed by atoms with E-state index in [1.807, 2.05) is 0 Å². The number of nitrogens with zero attached hydrogens (tertiary/aromatic N) is 1. The maximum absolute atomic E-state index is 13.2. The Bertz CT molecular complexity index is 1250. The van der Waals surface area contributed by atoms with Gasteiger partial charge < -0.3 is 20.5 Å². The molecule has 7 rings (SSSR count). The Balaban J connectivity index is 1.29. The van der Waals surface area contributed by atoms with Crippen LogP contribution >= 0.6 is 11.6 Å².